The Labute approximate surface area is 119 Å². The lowest BCUT2D eigenvalue weighted by Gasteiger charge is -2.32. The van der Waals surface area contributed by atoms with E-state index in [-0.39, 0.29) is 12.0 Å². The van der Waals surface area contributed by atoms with Crippen LogP contribution in [0.4, 0.5) is 0 Å². The van der Waals surface area contributed by atoms with Gasteiger partial charge in [0.1, 0.15) is 11.9 Å². The molecule has 1 amide bonds. The number of hydrogen-bond donors (Lipinski definition) is 0. The van der Waals surface area contributed by atoms with Crippen LogP contribution in [0.2, 0.25) is 0 Å². The fourth-order valence-corrected chi connectivity index (χ4v) is 2.24. The van der Waals surface area contributed by atoms with Crippen molar-refractivity contribution >= 4 is 5.91 Å². The number of piperidine rings is 1. The van der Waals surface area contributed by atoms with Crippen molar-refractivity contribution in [1.82, 2.24) is 14.9 Å². The molecule has 1 aromatic heterocycles. The predicted molar refractivity (Wildman–Crippen MR) is 76.4 cm³/mol. The van der Waals surface area contributed by atoms with Crippen LogP contribution in [0, 0.1) is 6.92 Å². The van der Waals surface area contributed by atoms with Crippen molar-refractivity contribution in [3.05, 3.63) is 29.7 Å². The van der Waals surface area contributed by atoms with Crippen LogP contribution in [0.15, 0.2) is 23.9 Å². The van der Waals surface area contributed by atoms with Gasteiger partial charge in [-0.05, 0) is 33.6 Å². The zero-order chi connectivity index (χ0) is 14.5. The molecule has 1 aliphatic rings. The van der Waals surface area contributed by atoms with E-state index in [0.717, 1.165) is 25.0 Å². The smallest absolute Gasteiger partial charge is 0.246 e. The molecule has 5 heteroatoms. The van der Waals surface area contributed by atoms with Gasteiger partial charge in [0.15, 0.2) is 0 Å². The molecule has 5 nitrogen and oxygen atoms in total. The van der Waals surface area contributed by atoms with E-state index >= 15 is 0 Å². The maximum Gasteiger partial charge on any atom is 0.246 e. The van der Waals surface area contributed by atoms with Crippen molar-refractivity contribution in [3.8, 4) is 5.88 Å². The standard InChI is InChI=1S/C15H21N3O2/c1-11(2)9-15(19)18-8-4-5-13(10-18)20-14-6-7-16-12(3)17-14/h6-7,9,13H,4-5,8,10H2,1-3H3/t13-/m0/s1. The highest BCUT2D eigenvalue weighted by Gasteiger charge is 2.24. The first-order valence-electron chi connectivity index (χ1n) is 6.94. The Bertz CT molecular complexity index is 510. The first-order chi connectivity index (χ1) is 9.54. The Morgan fingerprint density at radius 3 is 3.00 bits per heavy atom. The average Bonchev–Trinajstić information content (AvgIpc) is 2.38. The summed E-state index contributed by atoms with van der Waals surface area (Å²) in [6.07, 6.45) is 5.27. The van der Waals surface area contributed by atoms with Crippen molar-refractivity contribution in [2.24, 2.45) is 0 Å². The van der Waals surface area contributed by atoms with Crippen LogP contribution in [0.3, 0.4) is 0 Å². The predicted octanol–water partition coefficient (Wildman–Crippen LogP) is 2.12. The summed E-state index contributed by atoms with van der Waals surface area (Å²) in [5, 5.41) is 0. The molecule has 1 aliphatic heterocycles. The molecule has 0 bridgehead atoms. The summed E-state index contributed by atoms with van der Waals surface area (Å²) in [5.74, 6) is 1.34. The van der Waals surface area contributed by atoms with Crippen molar-refractivity contribution in [3.63, 3.8) is 0 Å². The number of rotatable bonds is 3. The Morgan fingerprint density at radius 2 is 2.30 bits per heavy atom. The quantitative estimate of drug-likeness (QED) is 0.793. The molecule has 2 rings (SSSR count). The van der Waals surface area contributed by atoms with E-state index in [1.807, 2.05) is 25.7 Å². The van der Waals surface area contributed by atoms with Gasteiger partial charge in [0.2, 0.25) is 11.8 Å². The van der Waals surface area contributed by atoms with E-state index in [4.69, 9.17) is 4.74 Å². The minimum absolute atomic E-state index is 0.00700. The van der Waals surface area contributed by atoms with Crippen molar-refractivity contribution < 1.29 is 9.53 Å². The summed E-state index contributed by atoms with van der Waals surface area (Å²) in [6.45, 7) is 7.11. The Hall–Kier alpha value is -1.91. The summed E-state index contributed by atoms with van der Waals surface area (Å²) in [6, 6.07) is 1.75. The van der Waals surface area contributed by atoms with Crippen LogP contribution in [0.1, 0.15) is 32.5 Å². The fourth-order valence-electron chi connectivity index (χ4n) is 2.24. The number of nitrogens with zero attached hydrogens (tertiary/aromatic N) is 3. The second-order valence-corrected chi connectivity index (χ2v) is 5.33. The maximum absolute atomic E-state index is 12.0. The third-order valence-corrected chi connectivity index (χ3v) is 3.14. The molecule has 1 fully saturated rings. The second-order valence-electron chi connectivity index (χ2n) is 5.33. The minimum atomic E-state index is 0.00700. The van der Waals surface area contributed by atoms with Gasteiger partial charge in [-0.15, -0.1) is 0 Å². The zero-order valence-electron chi connectivity index (χ0n) is 12.3. The van der Waals surface area contributed by atoms with E-state index in [9.17, 15) is 4.79 Å². The topological polar surface area (TPSA) is 55.3 Å². The average molecular weight is 275 g/mol. The van der Waals surface area contributed by atoms with Gasteiger partial charge in [-0.25, -0.2) is 4.98 Å². The molecule has 108 valence electrons. The van der Waals surface area contributed by atoms with Gasteiger partial charge in [-0.1, -0.05) is 5.57 Å². The Kier molecular flexibility index (Phi) is 4.71. The van der Waals surface area contributed by atoms with Gasteiger partial charge in [-0.3, -0.25) is 4.79 Å². The highest BCUT2D eigenvalue weighted by molar-refractivity contribution is 5.88. The van der Waals surface area contributed by atoms with Crippen LogP contribution in [-0.2, 0) is 4.79 Å². The van der Waals surface area contributed by atoms with Crippen molar-refractivity contribution in [2.75, 3.05) is 13.1 Å². The van der Waals surface area contributed by atoms with Gasteiger partial charge in [0.05, 0.1) is 6.54 Å². The van der Waals surface area contributed by atoms with Crippen molar-refractivity contribution in [1.29, 1.82) is 0 Å². The molecule has 0 N–H and O–H groups in total. The maximum atomic E-state index is 12.0. The number of aromatic nitrogens is 2. The summed E-state index contributed by atoms with van der Waals surface area (Å²) >= 11 is 0. The summed E-state index contributed by atoms with van der Waals surface area (Å²) < 4.78 is 5.86. The molecular weight excluding hydrogens is 254 g/mol. The molecule has 20 heavy (non-hydrogen) atoms. The number of carbonyl (C=O) groups is 1. The second kappa shape index (κ2) is 6.50. The number of aryl methyl sites for hydroxylation is 1. The molecule has 1 aromatic rings. The van der Waals surface area contributed by atoms with E-state index in [2.05, 4.69) is 9.97 Å². The van der Waals surface area contributed by atoms with Gasteiger partial charge in [0, 0.05) is 24.9 Å². The monoisotopic (exact) mass is 275 g/mol. The van der Waals surface area contributed by atoms with Gasteiger partial charge < -0.3 is 9.64 Å². The van der Waals surface area contributed by atoms with E-state index < -0.39 is 0 Å². The zero-order valence-corrected chi connectivity index (χ0v) is 12.3. The van der Waals surface area contributed by atoms with Crippen LogP contribution in [0.5, 0.6) is 5.88 Å². The SMILES string of the molecule is CC(C)=CC(=O)N1CCC[C@H](Oc2ccnc(C)n2)C1. The summed E-state index contributed by atoms with van der Waals surface area (Å²) in [4.78, 5) is 22.2. The third-order valence-electron chi connectivity index (χ3n) is 3.14. The summed E-state index contributed by atoms with van der Waals surface area (Å²) in [7, 11) is 0. The number of carbonyl (C=O) groups excluding carboxylic acids is 1. The number of hydrogen-bond acceptors (Lipinski definition) is 4. The van der Waals surface area contributed by atoms with E-state index in [0.29, 0.717) is 18.2 Å². The first-order valence-corrected chi connectivity index (χ1v) is 6.94. The van der Waals surface area contributed by atoms with Gasteiger partial charge in [0.25, 0.3) is 0 Å². The summed E-state index contributed by atoms with van der Waals surface area (Å²) in [5.41, 5.74) is 1.02. The molecule has 0 aromatic carbocycles. The van der Waals surface area contributed by atoms with Crippen LogP contribution >= 0.6 is 0 Å². The highest BCUT2D eigenvalue weighted by atomic mass is 16.5. The number of amides is 1. The Balaban J connectivity index is 1.97. The number of likely N-dealkylation sites (tertiary alicyclic amines) is 1. The Morgan fingerprint density at radius 1 is 1.50 bits per heavy atom. The molecule has 0 aliphatic carbocycles. The van der Waals surface area contributed by atoms with Crippen LogP contribution in [-0.4, -0.2) is 40.0 Å². The molecule has 2 heterocycles. The lowest BCUT2D eigenvalue weighted by atomic mass is 10.1. The number of ether oxygens (including phenoxy) is 1. The molecule has 0 saturated carbocycles. The molecule has 0 unspecified atom stereocenters. The van der Waals surface area contributed by atoms with E-state index in [1.165, 1.54) is 0 Å². The van der Waals surface area contributed by atoms with Gasteiger partial charge >= 0.3 is 0 Å². The largest absolute Gasteiger partial charge is 0.472 e. The third kappa shape index (κ3) is 4.05. The molecular formula is C15H21N3O2. The lowest BCUT2D eigenvalue weighted by molar-refractivity contribution is -0.128. The molecule has 0 spiro atoms. The minimum Gasteiger partial charge on any atom is -0.472 e. The lowest BCUT2D eigenvalue weighted by Crippen LogP contribution is -2.43. The molecule has 0 radical (unpaired) electrons. The van der Waals surface area contributed by atoms with Crippen LogP contribution < -0.4 is 4.74 Å². The fraction of sp³-hybridized carbons (Fsp3) is 0.533. The van der Waals surface area contributed by atoms with E-state index in [1.54, 1.807) is 18.3 Å². The van der Waals surface area contributed by atoms with Crippen LogP contribution in [0.25, 0.3) is 0 Å². The number of allylic oxidation sites excluding steroid dienone is 1. The molecule has 1 saturated heterocycles. The van der Waals surface area contributed by atoms with Gasteiger partial charge in [-0.2, -0.15) is 4.98 Å². The molecule has 1 atom stereocenters. The van der Waals surface area contributed by atoms with Crippen molar-refractivity contribution in [2.45, 2.75) is 39.7 Å². The highest BCUT2D eigenvalue weighted by Crippen LogP contribution is 2.17. The normalized spacial score (nSPS) is 18.6. The first kappa shape index (κ1) is 14.5.